The topological polar surface area (TPSA) is 46.9 Å². The minimum Gasteiger partial charge on any atom is -0.315 e. The first-order valence-corrected chi connectivity index (χ1v) is 8.10. The van der Waals surface area contributed by atoms with Crippen molar-refractivity contribution in [2.24, 2.45) is 5.92 Å². The number of halogens is 3. The minimum atomic E-state index is -0.313. The first-order chi connectivity index (χ1) is 11.1. The van der Waals surface area contributed by atoms with Gasteiger partial charge in [-0.15, -0.1) is 12.4 Å². The molecule has 3 aromatic rings. The number of hydrogen-bond acceptors (Lipinski definition) is 3. The van der Waals surface area contributed by atoms with Crippen LogP contribution in [0.25, 0.3) is 16.6 Å². The lowest BCUT2D eigenvalue weighted by atomic mass is 9.93. The van der Waals surface area contributed by atoms with E-state index in [1.165, 1.54) is 12.1 Å². The van der Waals surface area contributed by atoms with Gasteiger partial charge in [0.2, 0.25) is 0 Å². The van der Waals surface area contributed by atoms with Crippen LogP contribution in [0.1, 0.15) is 10.4 Å². The maximum atomic E-state index is 13.4. The van der Waals surface area contributed by atoms with Crippen molar-refractivity contribution in [2.45, 2.75) is 0 Å². The van der Waals surface area contributed by atoms with Crippen molar-refractivity contribution >= 4 is 45.0 Å². The molecule has 1 aromatic carbocycles. The number of carbonyl (C=O) groups is 1. The summed E-state index contributed by atoms with van der Waals surface area (Å²) >= 11 is 3.39. The van der Waals surface area contributed by atoms with Crippen molar-refractivity contribution in [3.63, 3.8) is 0 Å². The van der Waals surface area contributed by atoms with Crippen LogP contribution in [0.3, 0.4) is 0 Å². The average molecular weight is 411 g/mol. The summed E-state index contributed by atoms with van der Waals surface area (Å²) in [6.45, 7) is 1.44. The van der Waals surface area contributed by atoms with E-state index in [0.29, 0.717) is 10.0 Å². The highest BCUT2D eigenvalue weighted by molar-refractivity contribution is 9.10. The van der Waals surface area contributed by atoms with Gasteiger partial charge >= 0.3 is 0 Å². The SMILES string of the molecule is Cl.O=C(c1cn(-c2ccc(F)cc2Br)c2cnccc12)C1CNC1. The molecule has 0 aliphatic carbocycles. The van der Waals surface area contributed by atoms with E-state index >= 15 is 0 Å². The first kappa shape index (κ1) is 17.1. The molecular formula is C17H14BrClFN3O. The summed E-state index contributed by atoms with van der Waals surface area (Å²) < 4.78 is 15.9. The van der Waals surface area contributed by atoms with Gasteiger partial charge in [0.1, 0.15) is 5.82 Å². The van der Waals surface area contributed by atoms with Gasteiger partial charge in [-0.2, -0.15) is 0 Å². The number of benzene rings is 1. The maximum Gasteiger partial charge on any atom is 0.170 e. The molecule has 4 rings (SSSR count). The normalized spacial score (nSPS) is 14.2. The van der Waals surface area contributed by atoms with Gasteiger partial charge in [-0.05, 0) is 40.2 Å². The van der Waals surface area contributed by atoms with Crippen molar-refractivity contribution in [3.8, 4) is 5.69 Å². The molecule has 1 N–H and O–H groups in total. The van der Waals surface area contributed by atoms with Gasteiger partial charge in [0.15, 0.2) is 5.78 Å². The Morgan fingerprint density at radius 3 is 2.79 bits per heavy atom. The molecule has 1 aliphatic rings. The third-order valence-corrected chi connectivity index (χ3v) is 4.83. The van der Waals surface area contributed by atoms with Gasteiger partial charge in [0.25, 0.3) is 0 Å². The van der Waals surface area contributed by atoms with Gasteiger partial charge in [-0.25, -0.2) is 4.39 Å². The van der Waals surface area contributed by atoms with Crippen molar-refractivity contribution in [2.75, 3.05) is 13.1 Å². The molecule has 4 nitrogen and oxygen atoms in total. The third kappa shape index (κ3) is 2.75. The van der Waals surface area contributed by atoms with Crippen LogP contribution >= 0.6 is 28.3 Å². The molecule has 0 atom stereocenters. The molecule has 0 saturated carbocycles. The Kier molecular flexibility index (Phi) is 4.71. The zero-order valence-corrected chi connectivity index (χ0v) is 14.9. The maximum absolute atomic E-state index is 13.4. The third-order valence-electron chi connectivity index (χ3n) is 4.19. The predicted molar refractivity (Wildman–Crippen MR) is 96.7 cm³/mol. The summed E-state index contributed by atoms with van der Waals surface area (Å²) in [5.41, 5.74) is 2.29. The minimum absolute atomic E-state index is 0. The smallest absolute Gasteiger partial charge is 0.170 e. The van der Waals surface area contributed by atoms with Crippen LogP contribution < -0.4 is 5.32 Å². The fraction of sp³-hybridized carbons (Fsp3) is 0.176. The number of fused-ring (bicyclic) bond motifs is 1. The first-order valence-electron chi connectivity index (χ1n) is 7.30. The number of Topliss-reactive ketones (excluding diaryl/α,β-unsaturated/α-hetero) is 1. The Morgan fingerprint density at radius 2 is 2.12 bits per heavy atom. The average Bonchev–Trinajstić information content (AvgIpc) is 2.85. The van der Waals surface area contributed by atoms with Crippen LogP contribution in [0.4, 0.5) is 4.39 Å². The molecule has 7 heteroatoms. The number of hydrogen-bond donors (Lipinski definition) is 1. The molecule has 2 aromatic heterocycles. The molecule has 124 valence electrons. The molecule has 0 radical (unpaired) electrons. The molecule has 1 saturated heterocycles. The quantitative estimate of drug-likeness (QED) is 0.669. The Balaban J connectivity index is 0.00000169. The molecule has 0 amide bonds. The van der Waals surface area contributed by atoms with E-state index in [2.05, 4.69) is 26.2 Å². The van der Waals surface area contributed by atoms with Gasteiger partial charge in [-0.3, -0.25) is 9.78 Å². The zero-order chi connectivity index (χ0) is 16.0. The monoisotopic (exact) mass is 409 g/mol. The molecule has 1 aliphatic heterocycles. The molecule has 24 heavy (non-hydrogen) atoms. The molecule has 0 bridgehead atoms. The number of ketones is 1. The second kappa shape index (κ2) is 6.63. The van der Waals surface area contributed by atoms with Crippen LogP contribution in [-0.4, -0.2) is 28.4 Å². The molecular weight excluding hydrogens is 397 g/mol. The fourth-order valence-electron chi connectivity index (χ4n) is 2.84. The van der Waals surface area contributed by atoms with E-state index in [4.69, 9.17) is 0 Å². The highest BCUT2D eigenvalue weighted by atomic mass is 79.9. The number of carbonyl (C=O) groups excluding carboxylic acids is 1. The van der Waals surface area contributed by atoms with Crippen molar-refractivity contribution in [1.82, 2.24) is 14.9 Å². The fourth-order valence-corrected chi connectivity index (χ4v) is 3.38. The Hall–Kier alpha value is -1.76. The summed E-state index contributed by atoms with van der Waals surface area (Å²) in [6, 6.07) is 6.35. The molecule has 0 spiro atoms. The number of aromatic nitrogens is 2. The summed E-state index contributed by atoms with van der Waals surface area (Å²) in [5.74, 6) is -0.150. The summed E-state index contributed by atoms with van der Waals surface area (Å²) in [5, 5.41) is 3.99. The van der Waals surface area contributed by atoms with Crippen LogP contribution in [-0.2, 0) is 0 Å². The summed E-state index contributed by atoms with van der Waals surface area (Å²) in [6.07, 6.45) is 5.23. The Bertz CT molecular complexity index is 923. The molecule has 0 unspecified atom stereocenters. The van der Waals surface area contributed by atoms with E-state index in [0.717, 1.165) is 29.7 Å². The Morgan fingerprint density at radius 1 is 1.33 bits per heavy atom. The molecule has 3 heterocycles. The van der Waals surface area contributed by atoms with E-state index in [9.17, 15) is 9.18 Å². The molecule has 1 fully saturated rings. The second-order valence-corrected chi connectivity index (χ2v) is 6.48. The number of rotatable bonds is 3. The van der Waals surface area contributed by atoms with E-state index in [1.807, 2.05) is 16.8 Å². The number of nitrogens with one attached hydrogen (secondary N) is 1. The summed E-state index contributed by atoms with van der Waals surface area (Å²) in [4.78, 5) is 16.8. The van der Waals surface area contributed by atoms with Crippen LogP contribution in [0.15, 0.2) is 47.3 Å². The van der Waals surface area contributed by atoms with Crippen LogP contribution in [0.2, 0.25) is 0 Å². The lowest BCUT2D eigenvalue weighted by molar-refractivity contribution is 0.0880. The van der Waals surface area contributed by atoms with Crippen molar-refractivity contribution in [1.29, 1.82) is 0 Å². The lowest BCUT2D eigenvalue weighted by Crippen LogP contribution is -2.46. The largest absolute Gasteiger partial charge is 0.315 e. The van der Waals surface area contributed by atoms with Crippen LogP contribution in [0, 0.1) is 11.7 Å². The zero-order valence-electron chi connectivity index (χ0n) is 12.5. The van der Waals surface area contributed by atoms with Crippen molar-refractivity contribution in [3.05, 3.63) is 58.7 Å². The lowest BCUT2D eigenvalue weighted by Gasteiger charge is -2.25. The number of nitrogens with zero attached hydrogens (tertiary/aromatic N) is 2. The van der Waals surface area contributed by atoms with E-state index < -0.39 is 0 Å². The number of pyridine rings is 1. The predicted octanol–water partition coefficient (Wildman–Crippen LogP) is 3.75. The standard InChI is InChI=1S/C17H13BrFN3O.ClH/c18-14-5-11(19)1-2-15(14)22-9-13(17(23)10-6-21-7-10)12-3-4-20-8-16(12)22;/h1-5,8-10,21H,6-7H2;1H. The Labute approximate surface area is 152 Å². The van der Waals surface area contributed by atoms with Gasteiger partial charge in [0.05, 0.1) is 17.4 Å². The van der Waals surface area contributed by atoms with Crippen molar-refractivity contribution < 1.29 is 9.18 Å². The summed E-state index contributed by atoms with van der Waals surface area (Å²) in [7, 11) is 0. The van der Waals surface area contributed by atoms with Crippen LogP contribution in [0.5, 0.6) is 0 Å². The second-order valence-electron chi connectivity index (χ2n) is 5.62. The van der Waals surface area contributed by atoms with Gasteiger partial charge < -0.3 is 9.88 Å². The van der Waals surface area contributed by atoms with E-state index in [1.54, 1.807) is 18.5 Å². The van der Waals surface area contributed by atoms with Gasteiger partial charge in [-0.1, -0.05) is 0 Å². The van der Waals surface area contributed by atoms with Gasteiger partial charge in [0, 0.05) is 46.8 Å². The highest BCUT2D eigenvalue weighted by Gasteiger charge is 2.28. The van der Waals surface area contributed by atoms with E-state index in [-0.39, 0.29) is 29.9 Å². The highest BCUT2D eigenvalue weighted by Crippen LogP contribution is 2.30.